The van der Waals surface area contributed by atoms with E-state index < -0.39 is 10.2 Å². The zero-order chi connectivity index (χ0) is 15.9. The van der Waals surface area contributed by atoms with Crippen molar-refractivity contribution in [1.82, 2.24) is 13.9 Å². The van der Waals surface area contributed by atoms with Gasteiger partial charge in [-0.05, 0) is 58.5 Å². The van der Waals surface area contributed by atoms with Crippen molar-refractivity contribution in [1.29, 1.82) is 0 Å². The number of rotatable bonds is 9. The van der Waals surface area contributed by atoms with E-state index in [2.05, 4.69) is 12.2 Å². The molecular weight excluding hydrogens is 286 g/mol. The van der Waals surface area contributed by atoms with Crippen LogP contribution >= 0.6 is 0 Å². The van der Waals surface area contributed by atoms with Crippen molar-refractivity contribution in [2.75, 3.05) is 32.7 Å². The van der Waals surface area contributed by atoms with Gasteiger partial charge in [0.15, 0.2) is 0 Å². The monoisotopic (exact) mass is 319 g/mol. The van der Waals surface area contributed by atoms with E-state index in [1.54, 1.807) is 8.61 Å². The molecule has 0 spiro atoms. The summed E-state index contributed by atoms with van der Waals surface area (Å²) < 4.78 is 29.0. The Labute approximate surface area is 131 Å². The van der Waals surface area contributed by atoms with E-state index >= 15 is 0 Å². The maximum Gasteiger partial charge on any atom is 0.282 e. The van der Waals surface area contributed by atoms with Crippen molar-refractivity contribution in [3.63, 3.8) is 0 Å². The van der Waals surface area contributed by atoms with Gasteiger partial charge in [0.25, 0.3) is 10.2 Å². The SMILES string of the molecule is CCCNCC1CCCN(S(=O)(=O)N(CCC)C(C)C)C1. The van der Waals surface area contributed by atoms with Gasteiger partial charge >= 0.3 is 0 Å². The number of hydrogen-bond donors (Lipinski definition) is 1. The van der Waals surface area contributed by atoms with E-state index in [1.165, 1.54) is 0 Å². The van der Waals surface area contributed by atoms with Crippen LogP contribution in [0.5, 0.6) is 0 Å². The standard InChI is InChI=1S/C15H33N3O2S/c1-5-9-16-12-15-8-7-11-17(13-15)21(19,20)18(10-6-2)14(3)4/h14-16H,5-13H2,1-4H3. The summed E-state index contributed by atoms with van der Waals surface area (Å²) in [5, 5.41) is 3.42. The summed E-state index contributed by atoms with van der Waals surface area (Å²) in [6, 6.07) is 0.0218. The van der Waals surface area contributed by atoms with Crippen LogP contribution in [0.2, 0.25) is 0 Å². The third kappa shape index (κ3) is 5.51. The highest BCUT2D eigenvalue weighted by Crippen LogP contribution is 2.22. The molecule has 0 saturated carbocycles. The quantitative estimate of drug-likeness (QED) is 0.662. The van der Waals surface area contributed by atoms with E-state index in [9.17, 15) is 8.42 Å². The predicted molar refractivity (Wildman–Crippen MR) is 88.5 cm³/mol. The highest BCUT2D eigenvalue weighted by Gasteiger charge is 2.34. The molecule has 5 nitrogen and oxygen atoms in total. The fraction of sp³-hybridized carbons (Fsp3) is 1.00. The molecule has 0 radical (unpaired) electrons. The topological polar surface area (TPSA) is 52.7 Å². The fourth-order valence-corrected chi connectivity index (χ4v) is 4.90. The lowest BCUT2D eigenvalue weighted by molar-refractivity contribution is 0.233. The first-order valence-electron chi connectivity index (χ1n) is 8.41. The van der Waals surface area contributed by atoms with E-state index in [-0.39, 0.29) is 6.04 Å². The largest absolute Gasteiger partial charge is 0.316 e. The first-order valence-corrected chi connectivity index (χ1v) is 9.80. The van der Waals surface area contributed by atoms with Gasteiger partial charge in [0.2, 0.25) is 0 Å². The predicted octanol–water partition coefficient (Wildman–Crippen LogP) is 2.06. The summed E-state index contributed by atoms with van der Waals surface area (Å²) in [4.78, 5) is 0. The molecule has 1 rings (SSSR count). The lowest BCUT2D eigenvalue weighted by atomic mass is 10.00. The number of nitrogens with zero attached hydrogens (tertiary/aromatic N) is 2. The minimum atomic E-state index is -3.31. The summed E-state index contributed by atoms with van der Waals surface area (Å²) in [6.45, 7) is 12.0. The molecule has 126 valence electrons. The second-order valence-corrected chi connectivity index (χ2v) is 8.16. The third-order valence-corrected chi connectivity index (χ3v) is 6.17. The van der Waals surface area contributed by atoms with Crippen molar-refractivity contribution in [3.05, 3.63) is 0 Å². The van der Waals surface area contributed by atoms with Crippen LogP contribution < -0.4 is 5.32 Å². The van der Waals surface area contributed by atoms with E-state index in [1.807, 2.05) is 20.8 Å². The third-order valence-electron chi connectivity index (χ3n) is 3.98. The Morgan fingerprint density at radius 2 is 2.00 bits per heavy atom. The fourth-order valence-electron chi connectivity index (χ4n) is 2.89. The van der Waals surface area contributed by atoms with Crippen LogP contribution in [0.3, 0.4) is 0 Å². The van der Waals surface area contributed by atoms with Crippen molar-refractivity contribution in [3.8, 4) is 0 Å². The van der Waals surface area contributed by atoms with Crippen molar-refractivity contribution in [2.24, 2.45) is 5.92 Å². The van der Waals surface area contributed by atoms with Crippen molar-refractivity contribution >= 4 is 10.2 Å². The highest BCUT2D eigenvalue weighted by molar-refractivity contribution is 7.86. The van der Waals surface area contributed by atoms with Crippen molar-refractivity contribution in [2.45, 2.75) is 59.4 Å². The number of piperidine rings is 1. The molecule has 1 atom stereocenters. The van der Waals surface area contributed by atoms with E-state index in [0.29, 0.717) is 25.6 Å². The Morgan fingerprint density at radius 1 is 1.29 bits per heavy atom. The highest BCUT2D eigenvalue weighted by atomic mass is 32.2. The van der Waals surface area contributed by atoms with Crippen LogP contribution in [0.25, 0.3) is 0 Å². The van der Waals surface area contributed by atoms with Gasteiger partial charge in [-0.25, -0.2) is 0 Å². The van der Waals surface area contributed by atoms with Gasteiger partial charge < -0.3 is 5.32 Å². The van der Waals surface area contributed by atoms with Gasteiger partial charge in [-0.15, -0.1) is 0 Å². The summed E-state index contributed by atoms with van der Waals surface area (Å²) in [7, 11) is -3.31. The van der Waals surface area contributed by atoms with Crippen LogP contribution in [0, 0.1) is 5.92 Å². The summed E-state index contributed by atoms with van der Waals surface area (Å²) in [6.07, 6.45) is 4.06. The number of hydrogen-bond acceptors (Lipinski definition) is 3. The molecule has 0 aromatic carbocycles. The second-order valence-electron chi connectivity index (χ2n) is 6.28. The van der Waals surface area contributed by atoms with Crippen LogP contribution in [0.4, 0.5) is 0 Å². The molecule has 0 aromatic heterocycles. The maximum atomic E-state index is 12.8. The van der Waals surface area contributed by atoms with Crippen LogP contribution in [0.1, 0.15) is 53.4 Å². The molecule has 6 heteroatoms. The first kappa shape index (κ1) is 18.9. The summed E-state index contributed by atoms with van der Waals surface area (Å²) in [5.41, 5.74) is 0. The number of nitrogens with one attached hydrogen (secondary N) is 1. The zero-order valence-corrected chi connectivity index (χ0v) is 15.0. The Balaban J connectivity index is 2.68. The van der Waals surface area contributed by atoms with Gasteiger partial charge in [0, 0.05) is 25.7 Å². The molecule has 0 bridgehead atoms. The van der Waals surface area contributed by atoms with Crippen LogP contribution in [-0.4, -0.2) is 55.8 Å². The Kier molecular flexibility index (Phi) is 8.16. The molecule has 1 saturated heterocycles. The molecule has 0 aromatic rings. The lowest BCUT2D eigenvalue weighted by Crippen LogP contribution is -2.51. The Hall–Kier alpha value is -0.170. The minimum Gasteiger partial charge on any atom is -0.316 e. The van der Waals surface area contributed by atoms with Gasteiger partial charge in [-0.3, -0.25) is 0 Å². The van der Waals surface area contributed by atoms with Crippen LogP contribution in [0.15, 0.2) is 0 Å². The molecule has 1 aliphatic heterocycles. The van der Waals surface area contributed by atoms with Gasteiger partial charge in [0.1, 0.15) is 0 Å². The molecule has 21 heavy (non-hydrogen) atoms. The lowest BCUT2D eigenvalue weighted by Gasteiger charge is -2.37. The van der Waals surface area contributed by atoms with E-state index in [0.717, 1.165) is 38.8 Å². The summed E-state index contributed by atoms with van der Waals surface area (Å²) >= 11 is 0. The molecular formula is C15H33N3O2S. The second kappa shape index (κ2) is 9.08. The van der Waals surface area contributed by atoms with Crippen LogP contribution in [-0.2, 0) is 10.2 Å². The first-order chi connectivity index (χ1) is 9.93. The smallest absolute Gasteiger partial charge is 0.282 e. The van der Waals surface area contributed by atoms with Crippen molar-refractivity contribution < 1.29 is 8.42 Å². The zero-order valence-electron chi connectivity index (χ0n) is 14.1. The van der Waals surface area contributed by atoms with Gasteiger partial charge in [-0.1, -0.05) is 13.8 Å². The summed E-state index contributed by atoms with van der Waals surface area (Å²) in [5.74, 6) is 0.440. The molecule has 1 unspecified atom stereocenters. The molecule has 1 N–H and O–H groups in total. The minimum absolute atomic E-state index is 0.0218. The average molecular weight is 320 g/mol. The Bertz CT molecular complexity index is 384. The molecule has 1 aliphatic rings. The molecule has 1 heterocycles. The average Bonchev–Trinajstić information content (AvgIpc) is 2.45. The van der Waals surface area contributed by atoms with Gasteiger partial charge in [0.05, 0.1) is 0 Å². The Morgan fingerprint density at radius 3 is 2.57 bits per heavy atom. The molecule has 0 amide bonds. The normalized spacial score (nSPS) is 21.3. The van der Waals surface area contributed by atoms with E-state index in [4.69, 9.17) is 0 Å². The van der Waals surface area contributed by atoms with Gasteiger partial charge in [-0.2, -0.15) is 17.0 Å². The molecule has 1 fully saturated rings. The molecule has 0 aliphatic carbocycles. The maximum absolute atomic E-state index is 12.8.